The van der Waals surface area contributed by atoms with E-state index >= 15 is 0 Å². The third kappa shape index (κ3) is 4.13. The molecule has 0 saturated carbocycles. The largest absolute Gasteiger partial charge is 0.352 e. The molecule has 1 N–H and O–H groups in total. The Morgan fingerprint density at radius 2 is 2.13 bits per heavy atom. The maximum atomic E-state index is 11.9. The Balaban J connectivity index is 1.46. The van der Waals surface area contributed by atoms with Crippen LogP contribution in [0, 0.1) is 0 Å². The van der Waals surface area contributed by atoms with E-state index in [2.05, 4.69) is 10.4 Å². The molecule has 6 nitrogen and oxygen atoms in total. The SMILES string of the molecule is O=C(CCN1CCSC1=O)NCc1cnn(-c2ccccc2)c1. The van der Waals surface area contributed by atoms with Gasteiger partial charge in [0.1, 0.15) is 0 Å². The summed E-state index contributed by atoms with van der Waals surface area (Å²) in [6.45, 7) is 1.66. The summed E-state index contributed by atoms with van der Waals surface area (Å²) in [5.74, 6) is 0.765. The summed E-state index contributed by atoms with van der Waals surface area (Å²) < 4.78 is 1.78. The second kappa shape index (κ2) is 7.32. The topological polar surface area (TPSA) is 67.2 Å². The zero-order valence-corrected chi connectivity index (χ0v) is 13.5. The van der Waals surface area contributed by atoms with Crippen LogP contribution in [0.15, 0.2) is 42.7 Å². The van der Waals surface area contributed by atoms with Gasteiger partial charge in [-0.3, -0.25) is 9.59 Å². The number of nitrogens with one attached hydrogen (secondary N) is 1. The molecule has 2 heterocycles. The number of hydrogen-bond donors (Lipinski definition) is 1. The molecule has 0 atom stereocenters. The van der Waals surface area contributed by atoms with Gasteiger partial charge in [-0.15, -0.1) is 0 Å². The minimum Gasteiger partial charge on any atom is -0.352 e. The molecule has 3 rings (SSSR count). The van der Waals surface area contributed by atoms with Crippen LogP contribution in [-0.2, 0) is 11.3 Å². The maximum absolute atomic E-state index is 11.9. The highest BCUT2D eigenvalue weighted by Crippen LogP contribution is 2.17. The van der Waals surface area contributed by atoms with Crippen LogP contribution in [0.4, 0.5) is 4.79 Å². The van der Waals surface area contributed by atoms with Gasteiger partial charge in [0.05, 0.1) is 11.9 Å². The predicted molar refractivity (Wildman–Crippen MR) is 89.5 cm³/mol. The Labute approximate surface area is 138 Å². The fourth-order valence-corrected chi connectivity index (χ4v) is 3.18. The van der Waals surface area contributed by atoms with Gasteiger partial charge in [-0.25, -0.2) is 4.68 Å². The lowest BCUT2D eigenvalue weighted by molar-refractivity contribution is -0.121. The van der Waals surface area contributed by atoms with Crippen LogP contribution in [0.3, 0.4) is 0 Å². The number of para-hydroxylation sites is 1. The average Bonchev–Trinajstić information content (AvgIpc) is 3.21. The normalized spacial score (nSPS) is 14.3. The van der Waals surface area contributed by atoms with Crippen molar-refractivity contribution in [2.75, 3.05) is 18.8 Å². The Morgan fingerprint density at radius 3 is 2.87 bits per heavy atom. The van der Waals surface area contributed by atoms with Crippen molar-refractivity contribution >= 4 is 22.9 Å². The van der Waals surface area contributed by atoms with Gasteiger partial charge >= 0.3 is 0 Å². The molecule has 0 bridgehead atoms. The molecule has 1 fully saturated rings. The molecule has 0 radical (unpaired) electrons. The zero-order chi connectivity index (χ0) is 16.1. The van der Waals surface area contributed by atoms with E-state index < -0.39 is 0 Å². The lowest BCUT2D eigenvalue weighted by atomic mass is 10.3. The molecule has 1 aliphatic rings. The lowest BCUT2D eigenvalue weighted by Crippen LogP contribution is -2.30. The van der Waals surface area contributed by atoms with Gasteiger partial charge in [-0.2, -0.15) is 5.10 Å². The summed E-state index contributed by atoms with van der Waals surface area (Å²) in [6, 6.07) is 9.81. The summed E-state index contributed by atoms with van der Waals surface area (Å²) in [7, 11) is 0. The van der Waals surface area contributed by atoms with E-state index in [1.807, 2.05) is 36.5 Å². The first-order chi connectivity index (χ1) is 11.2. The van der Waals surface area contributed by atoms with E-state index in [4.69, 9.17) is 0 Å². The number of hydrogen-bond acceptors (Lipinski definition) is 4. The predicted octanol–water partition coefficient (Wildman–Crippen LogP) is 2.05. The van der Waals surface area contributed by atoms with E-state index in [-0.39, 0.29) is 11.1 Å². The summed E-state index contributed by atoms with van der Waals surface area (Å²) in [4.78, 5) is 25.0. The Kier molecular flexibility index (Phi) is 4.97. The van der Waals surface area contributed by atoms with Gasteiger partial charge < -0.3 is 10.2 Å². The smallest absolute Gasteiger partial charge is 0.281 e. The third-order valence-corrected chi connectivity index (χ3v) is 4.49. The van der Waals surface area contributed by atoms with E-state index in [1.54, 1.807) is 15.8 Å². The first kappa shape index (κ1) is 15.6. The van der Waals surface area contributed by atoms with Crippen LogP contribution in [-0.4, -0.2) is 44.7 Å². The highest BCUT2D eigenvalue weighted by molar-refractivity contribution is 8.13. The molecule has 1 aromatic heterocycles. The molecule has 1 aromatic carbocycles. The monoisotopic (exact) mass is 330 g/mol. The van der Waals surface area contributed by atoms with Crippen LogP contribution in [0.25, 0.3) is 5.69 Å². The van der Waals surface area contributed by atoms with Crippen molar-refractivity contribution in [2.45, 2.75) is 13.0 Å². The van der Waals surface area contributed by atoms with E-state index in [1.165, 1.54) is 11.8 Å². The first-order valence-electron chi connectivity index (χ1n) is 7.50. The standard InChI is InChI=1S/C16H18N4O2S/c21-15(6-7-19-8-9-23-16(19)22)17-10-13-11-18-20(12-13)14-4-2-1-3-5-14/h1-5,11-12H,6-10H2,(H,17,21). The van der Waals surface area contributed by atoms with Crippen LogP contribution >= 0.6 is 11.8 Å². The van der Waals surface area contributed by atoms with Gasteiger partial charge in [0, 0.05) is 43.6 Å². The number of carbonyl (C=O) groups is 2. The van der Waals surface area contributed by atoms with Gasteiger partial charge in [-0.05, 0) is 12.1 Å². The number of aromatic nitrogens is 2. The van der Waals surface area contributed by atoms with Crippen LogP contribution in [0.1, 0.15) is 12.0 Å². The lowest BCUT2D eigenvalue weighted by Gasteiger charge is -2.13. The number of thioether (sulfide) groups is 1. The zero-order valence-electron chi connectivity index (χ0n) is 12.6. The molecular formula is C16H18N4O2S. The molecule has 1 aliphatic heterocycles. The maximum Gasteiger partial charge on any atom is 0.281 e. The highest BCUT2D eigenvalue weighted by atomic mass is 32.2. The summed E-state index contributed by atoms with van der Waals surface area (Å²) >= 11 is 1.31. The van der Waals surface area contributed by atoms with Gasteiger partial charge in [-0.1, -0.05) is 30.0 Å². The molecular weight excluding hydrogens is 312 g/mol. The summed E-state index contributed by atoms with van der Waals surface area (Å²) in [5, 5.41) is 7.23. The Bertz CT molecular complexity index is 686. The van der Waals surface area contributed by atoms with Crippen molar-refractivity contribution in [3.8, 4) is 5.69 Å². The minimum atomic E-state index is -0.0536. The second-order valence-electron chi connectivity index (χ2n) is 5.26. The second-order valence-corrected chi connectivity index (χ2v) is 6.30. The Hall–Kier alpha value is -2.28. The van der Waals surface area contributed by atoms with E-state index in [0.29, 0.717) is 19.5 Å². The van der Waals surface area contributed by atoms with Gasteiger partial charge in [0.2, 0.25) is 5.91 Å². The van der Waals surface area contributed by atoms with Crippen LogP contribution in [0.5, 0.6) is 0 Å². The minimum absolute atomic E-state index is 0.0536. The molecule has 120 valence electrons. The third-order valence-electron chi connectivity index (χ3n) is 3.60. The van der Waals surface area contributed by atoms with Crippen molar-refractivity contribution in [2.24, 2.45) is 0 Å². The van der Waals surface area contributed by atoms with Gasteiger partial charge in [0.15, 0.2) is 0 Å². The van der Waals surface area contributed by atoms with E-state index in [9.17, 15) is 9.59 Å². The van der Waals surface area contributed by atoms with Crippen LogP contribution in [0.2, 0.25) is 0 Å². The number of rotatable bonds is 6. The molecule has 0 aliphatic carbocycles. The molecule has 2 aromatic rings. The van der Waals surface area contributed by atoms with Crippen molar-refractivity contribution in [3.05, 3.63) is 48.3 Å². The Morgan fingerprint density at radius 1 is 1.30 bits per heavy atom. The summed E-state index contributed by atoms with van der Waals surface area (Å²) in [6.07, 6.45) is 3.98. The first-order valence-corrected chi connectivity index (χ1v) is 8.48. The number of amides is 2. The van der Waals surface area contributed by atoms with Crippen molar-refractivity contribution < 1.29 is 9.59 Å². The fourth-order valence-electron chi connectivity index (χ4n) is 2.33. The molecule has 23 heavy (non-hydrogen) atoms. The summed E-state index contributed by atoms with van der Waals surface area (Å²) in [5.41, 5.74) is 1.92. The number of benzene rings is 1. The highest BCUT2D eigenvalue weighted by Gasteiger charge is 2.21. The molecule has 1 saturated heterocycles. The van der Waals surface area contributed by atoms with Crippen LogP contribution < -0.4 is 5.32 Å². The average molecular weight is 330 g/mol. The van der Waals surface area contributed by atoms with Crippen molar-refractivity contribution in [1.29, 1.82) is 0 Å². The number of carbonyl (C=O) groups excluding carboxylic acids is 2. The molecule has 2 amide bonds. The quantitative estimate of drug-likeness (QED) is 0.880. The number of nitrogens with zero attached hydrogens (tertiary/aromatic N) is 3. The fraction of sp³-hybridized carbons (Fsp3) is 0.312. The van der Waals surface area contributed by atoms with Crippen molar-refractivity contribution in [3.63, 3.8) is 0 Å². The van der Waals surface area contributed by atoms with Gasteiger partial charge in [0.25, 0.3) is 5.24 Å². The molecule has 7 heteroatoms. The van der Waals surface area contributed by atoms with Crippen molar-refractivity contribution in [1.82, 2.24) is 20.0 Å². The molecule has 0 unspecified atom stereocenters. The molecule has 0 spiro atoms. The van der Waals surface area contributed by atoms with E-state index in [0.717, 1.165) is 23.5 Å².